The number of carbonyl (C=O) groups excluding carboxylic acids is 1. The zero-order valence-electron chi connectivity index (χ0n) is 16.8. The number of fused-ring (bicyclic) bond motifs is 2. The lowest BCUT2D eigenvalue weighted by molar-refractivity contribution is -0.147. The Morgan fingerprint density at radius 1 is 1.13 bits per heavy atom. The van der Waals surface area contributed by atoms with Crippen molar-refractivity contribution in [2.75, 3.05) is 19.5 Å². The standard InChI is InChI=1S/C22H19N3O6/c1-30-15-8-12(9-16(11-15)31-2)7-13-5-6-25-19(13)24-18-10-14(23-20(26)22(28)29)3-4-17(18)21(25)27/h3-4,7-11H,5-6H2,1-2H3,(H,23,26)(H,28,29). The fourth-order valence-corrected chi connectivity index (χ4v) is 3.53. The molecule has 0 aliphatic carbocycles. The van der Waals surface area contributed by atoms with Gasteiger partial charge in [0, 0.05) is 18.3 Å². The summed E-state index contributed by atoms with van der Waals surface area (Å²) >= 11 is 0. The first-order chi connectivity index (χ1) is 14.9. The number of aromatic nitrogens is 2. The van der Waals surface area contributed by atoms with E-state index in [4.69, 9.17) is 14.6 Å². The third-order valence-corrected chi connectivity index (χ3v) is 5.01. The van der Waals surface area contributed by atoms with Crippen LogP contribution < -0.4 is 20.3 Å². The first-order valence-corrected chi connectivity index (χ1v) is 9.42. The fraction of sp³-hybridized carbons (Fsp3) is 0.182. The number of nitrogens with one attached hydrogen (secondary N) is 1. The number of allylic oxidation sites excluding steroid dienone is 1. The van der Waals surface area contributed by atoms with Gasteiger partial charge in [0.05, 0.1) is 25.1 Å². The molecule has 9 nitrogen and oxygen atoms in total. The summed E-state index contributed by atoms with van der Waals surface area (Å²) in [5.41, 5.74) is 2.14. The minimum absolute atomic E-state index is 0.192. The highest BCUT2D eigenvalue weighted by molar-refractivity contribution is 6.36. The number of aliphatic carboxylic acids is 1. The second-order valence-corrected chi connectivity index (χ2v) is 6.95. The highest BCUT2D eigenvalue weighted by Crippen LogP contribution is 2.30. The highest BCUT2D eigenvalue weighted by atomic mass is 16.5. The number of carbonyl (C=O) groups is 2. The van der Waals surface area contributed by atoms with Crippen LogP contribution in [0.15, 0.2) is 41.2 Å². The van der Waals surface area contributed by atoms with Gasteiger partial charge in [-0.1, -0.05) is 0 Å². The molecule has 2 heterocycles. The number of hydrogen-bond donors (Lipinski definition) is 2. The summed E-state index contributed by atoms with van der Waals surface area (Å²) in [5.74, 6) is -0.939. The van der Waals surface area contributed by atoms with Crippen LogP contribution in [-0.2, 0) is 16.1 Å². The third kappa shape index (κ3) is 3.85. The van der Waals surface area contributed by atoms with Gasteiger partial charge in [-0.25, -0.2) is 9.78 Å². The number of amides is 1. The molecule has 9 heteroatoms. The Bertz CT molecular complexity index is 1290. The van der Waals surface area contributed by atoms with Crippen LogP contribution in [0.3, 0.4) is 0 Å². The molecule has 1 aromatic heterocycles. The van der Waals surface area contributed by atoms with E-state index in [0.717, 1.165) is 11.1 Å². The highest BCUT2D eigenvalue weighted by Gasteiger charge is 2.21. The number of anilines is 1. The molecule has 0 radical (unpaired) electrons. The van der Waals surface area contributed by atoms with E-state index in [-0.39, 0.29) is 11.2 Å². The van der Waals surface area contributed by atoms with Crippen molar-refractivity contribution in [3.63, 3.8) is 0 Å². The summed E-state index contributed by atoms with van der Waals surface area (Å²) in [6.45, 7) is 0.502. The molecule has 1 amide bonds. The molecule has 4 rings (SSSR count). The van der Waals surface area contributed by atoms with Gasteiger partial charge < -0.3 is 19.9 Å². The molecule has 31 heavy (non-hydrogen) atoms. The summed E-state index contributed by atoms with van der Waals surface area (Å²) < 4.78 is 12.2. The molecule has 158 valence electrons. The van der Waals surface area contributed by atoms with Gasteiger partial charge in [0.25, 0.3) is 5.56 Å². The molecular formula is C22H19N3O6. The van der Waals surface area contributed by atoms with E-state index in [1.165, 1.54) is 18.2 Å². The van der Waals surface area contributed by atoms with Crippen molar-refractivity contribution < 1.29 is 24.2 Å². The average Bonchev–Trinajstić information content (AvgIpc) is 3.16. The Morgan fingerprint density at radius 2 is 1.84 bits per heavy atom. The van der Waals surface area contributed by atoms with E-state index in [1.54, 1.807) is 24.9 Å². The molecule has 0 saturated heterocycles. The number of benzene rings is 2. The number of ether oxygens (including phenoxy) is 2. The summed E-state index contributed by atoms with van der Waals surface area (Å²) in [4.78, 5) is 39.8. The lowest BCUT2D eigenvalue weighted by Gasteiger charge is -2.09. The Kier molecular flexibility index (Phi) is 5.16. The van der Waals surface area contributed by atoms with Crippen LogP contribution in [0, 0.1) is 0 Å². The smallest absolute Gasteiger partial charge is 0.394 e. The predicted octanol–water partition coefficient (Wildman–Crippen LogP) is 2.38. The van der Waals surface area contributed by atoms with E-state index >= 15 is 0 Å². The van der Waals surface area contributed by atoms with E-state index < -0.39 is 11.9 Å². The van der Waals surface area contributed by atoms with Crippen LogP contribution in [0.25, 0.3) is 22.6 Å². The number of methoxy groups -OCH3 is 2. The minimum Gasteiger partial charge on any atom is -0.497 e. The number of rotatable bonds is 4. The average molecular weight is 421 g/mol. The zero-order chi connectivity index (χ0) is 22.1. The molecule has 0 atom stereocenters. The van der Waals surface area contributed by atoms with Crippen LogP contribution in [0.4, 0.5) is 5.69 Å². The summed E-state index contributed by atoms with van der Waals surface area (Å²) in [6, 6.07) is 9.99. The fourth-order valence-electron chi connectivity index (χ4n) is 3.53. The third-order valence-electron chi connectivity index (χ3n) is 5.01. The molecule has 0 saturated carbocycles. The van der Waals surface area contributed by atoms with Crippen LogP contribution in [0.2, 0.25) is 0 Å². The second-order valence-electron chi connectivity index (χ2n) is 6.95. The maximum Gasteiger partial charge on any atom is 0.394 e. The van der Waals surface area contributed by atoms with Gasteiger partial charge in [-0.3, -0.25) is 14.2 Å². The summed E-state index contributed by atoms with van der Waals surface area (Å²) in [7, 11) is 3.15. The van der Waals surface area contributed by atoms with Gasteiger partial charge in [0.2, 0.25) is 0 Å². The topological polar surface area (TPSA) is 120 Å². The Morgan fingerprint density at radius 3 is 2.48 bits per heavy atom. The monoisotopic (exact) mass is 421 g/mol. The molecular weight excluding hydrogens is 402 g/mol. The molecule has 2 N–H and O–H groups in total. The van der Waals surface area contributed by atoms with Crippen molar-refractivity contribution in [3.8, 4) is 11.5 Å². The van der Waals surface area contributed by atoms with Gasteiger partial charge in [0.1, 0.15) is 17.3 Å². The maximum atomic E-state index is 12.9. The van der Waals surface area contributed by atoms with E-state index in [1.807, 2.05) is 18.2 Å². The van der Waals surface area contributed by atoms with Crippen LogP contribution in [0.5, 0.6) is 11.5 Å². The van der Waals surface area contributed by atoms with Gasteiger partial charge in [-0.05, 0) is 54.0 Å². The molecule has 2 aromatic carbocycles. The Labute approximate surface area is 176 Å². The second kappa shape index (κ2) is 7.94. The summed E-state index contributed by atoms with van der Waals surface area (Å²) in [6.07, 6.45) is 2.55. The number of nitrogens with zero attached hydrogens (tertiary/aromatic N) is 2. The molecule has 1 aliphatic rings. The minimum atomic E-state index is -1.60. The Balaban J connectivity index is 1.79. The van der Waals surface area contributed by atoms with E-state index in [9.17, 15) is 14.4 Å². The lowest BCUT2D eigenvalue weighted by atomic mass is 10.1. The lowest BCUT2D eigenvalue weighted by Crippen LogP contribution is -2.23. The summed E-state index contributed by atoms with van der Waals surface area (Å²) in [5, 5.41) is 11.4. The SMILES string of the molecule is COc1cc(C=C2CCn3c2nc2cc(NC(=O)C(=O)O)ccc2c3=O)cc(OC)c1. The largest absolute Gasteiger partial charge is 0.497 e. The van der Waals surface area contributed by atoms with Gasteiger partial charge in [-0.15, -0.1) is 0 Å². The Hall–Kier alpha value is -4.14. The molecule has 0 spiro atoms. The number of hydrogen-bond acceptors (Lipinski definition) is 6. The normalized spacial score (nSPS) is 13.8. The zero-order valence-corrected chi connectivity index (χ0v) is 16.8. The van der Waals surface area contributed by atoms with Crippen molar-refractivity contribution >= 4 is 40.1 Å². The van der Waals surface area contributed by atoms with E-state index in [0.29, 0.717) is 41.2 Å². The first-order valence-electron chi connectivity index (χ1n) is 9.42. The van der Waals surface area contributed by atoms with Crippen molar-refractivity contribution in [3.05, 3.63) is 58.1 Å². The van der Waals surface area contributed by atoms with Crippen molar-refractivity contribution in [2.45, 2.75) is 13.0 Å². The van der Waals surface area contributed by atoms with Crippen LogP contribution in [-0.4, -0.2) is 40.8 Å². The quantitative estimate of drug-likeness (QED) is 0.621. The first kappa shape index (κ1) is 20.1. The molecule has 0 fully saturated rings. The molecule has 1 aliphatic heterocycles. The molecule has 0 unspecified atom stereocenters. The van der Waals surface area contributed by atoms with Crippen LogP contribution in [0.1, 0.15) is 17.8 Å². The van der Waals surface area contributed by atoms with Crippen molar-refractivity contribution in [1.29, 1.82) is 0 Å². The molecule has 3 aromatic rings. The molecule has 0 bridgehead atoms. The predicted molar refractivity (Wildman–Crippen MR) is 114 cm³/mol. The number of carboxylic acids is 1. The maximum absolute atomic E-state index is 12.9. The van der Waals surface area contributed by atoms with Gasteiger partial charge in [-0.2, -0.15) is 0 Å². The van der Waals surface area contributed by atoms with Gasteiger partial charge in [0.15, 0.2) is 0 Å². The van der Waals surface area contributed by atoms with Crippen molar-refractivity contribution in [1.82, 2.24) is 9.55 Å². The van der Waals surface area contributed by atoms with Crippen molar-refractivity contribution in [2.24, 2.45) is 0 Å². The van der Waals surface area contributed by atoms with Crippen LogP contribution >= 0.6 is 0 Å². The van der Waals surface area contributed by atoms with Gasteiger partial charge >= 0.3 is 11.9 Å². The van der Waals surface area contributed by atoms with E-state index in [2.05, 4.69) is 10.3 Å². The number of carboxylic acid groups (broad SMARTS) is 1.